The number of carbonyl (C=O) groups is 1. The maximum absolute atomic E-state index is 11.0. The highest BCUT2D eigenvalue weighted by Gasteiger charge is 2.32. The summed E-state index contributed by atoms with van der Waals surface area (Å²) in [6.45, 7) is 1.51. The average molecular weight is 293 g/mol. The number of oxime groups is 1. The van der Waals surface area contributed by atoms with E-state index >= 15 is 0 Å². The van der Waals surface area contributed by atoms with Crippen molar-refractivity contribution in [3.8, 4) is 11.5 Å². The summed E-state index contributed by atoms with van der Waals surface area (Å²) in [7, 11) is 0. The van der Waals surface area contributed by atoms with Crippen molar-refractivity contribution in [1.29, 1.82) is 0 Å². The number of rotatable bonds is 2. The molecule has 7 nitrogen and oxygen atoms in total. The molecule has 0 radical (unpaired) electrons. The van der Waals surface area contributed by atoms with Crippen molar-refractivity contribution < 1.29 is 28.9 Å². The minimum atomic E-state index is -0.650. The van der Waals surface area contributed by atoms with Gasteiger partial charge in [0.05, 0.1) is 5.71 Å². The summed E-state index contributed by atoms with van der Waals surface area (Å²) in [4.78, 5) is 11.0. The van der Waals surface area contributed by atoms with Gasteiger partial charge in [-0.05, 0) is 24.1 Å². The molecule has 2 aliphatic heterocycles. The van der Waals surface area contributed by atoms with Crippen molar-refractivity contribution in [3.63, 3.8) is 0 Å². The van der Waals surface area contributed by atoms with Gasteiger partial charge in [-0.15, -0.1) is 0 Å². The topological polar surface area (TPSA) is 86.6 Å². The smallest absolute Gasteiger partial charge is 0.304 e. The predicted octanol–water partition coefficient (Wildman–Crippen LogP) is 1.99. The van der Waals surface area contributed by atoms with Gasteiger partial charge < -0.3 is 24.2 Å². The summed E-state index contributed by atoms with van der Waals surface area (Å²) in [6.07, 6.45) is -0.292. The van der Waals surface area contributed by atoms with E-state index in [0.29, 0.717) is 30.1 Å². The lowest BCUT2D eigenvalue weighted by atomic mass is 9.98. The number of fused-ring (bicyclic) bond motifs is 1. The standard InChI is InChI=1S/C14H15NO6/c1-8(16)20-13-5-3-10(15-17)14(21-13)9-2-4-11-12(6-9)19-7-18-11/h2,4,6,13-14,17H,3,5,7H2,1H3. The minimum absolute atomic E-state index is 0.182. The van der Waals surface area contributed by atoms with E-state index < -0.39 is 18.4 Å². The molecule has 0 amide bonds. The number of hydrogen-bond donors (Lipinski definition) is 1. The molecule has 3 rings (SSSR count). The fourth-order valence-electron chi connectivity index (χ4n) is 2.42. The Morgan fingerprint density at radius 1 is 1.38 bits per heavy atom. The van der Waals surface area contributed by atoms with Gasteiger partial charge >= 0.3 is 5.97 Å². The summed E-state index contributed by atoms with van der Waals surface area (Å²) < 4.78 is 21.4. The summed E-state index contributed by atoms with van der Waals surface area (Å²) in [5.74, 6) is 0.866. The van der Waals surface area contributed by atoms with Crippen LogP contribution < -0.4 is 9.47 Å². The molecule has 2 heterocycles. The fraction of sp³-hybridized carbons (Fsp3) is 0.429. The third-order valence-electron chi connectivity index (χ3n) is 3.35. The molecule has 21 heavy (non-hydrogen) atoms. The highest BCUT2D eigenvalue weighted by atomic mass is 16.7. The molecule has 112 valence electrons. The van der Waals surface area contributed by atoms with Gasteiger partial charge in [-0.2, -0.15) is 0 Å². The molecule has 0 aliphatic carbocycles. The second-order valence-electron chi connectivity index (χ2n) is 4.80. The molecule has 2 aliphatic rings. The van der Waals surface area contributed by atoms with Crippen molar-refractivity contribution >= 4 is 11.7 Å². The minimum Gasteiger partial charge on any atom is -0.454 e. The highest BCUT2D eigenvalue weighted by molar-refractivity contribution is 5.90. The molecule has 7 heteroatoms. The van der Waals surface area contributed by atoms with Gasteiger partial charge in [-0.3, -0.25) is 4.79 Å². The largest absolute Gasteiger partial charge is 0.454 e. The van der Waals surface area contributed by atoms with Crippen molar-refractivity contribution in [1.82, 2.24) is 0 Å². The van der Waals surface area contributed by atoms with Crippen LogP contribution in [0.5, 0.6) is 11.5 Å². The van der Waals surface area contributed by atoms with Crippen LogP contribution >= 0.6 is 0 Å². The molecule has 0 bridgehead atoms. The molecule has 1 N–H and O–H groups in total. The normalized spacial score (nSPS) is 25.9. The van der Waals surface area contributed by atoms with Gasteiger partial charge in [0.1, 0.15) is 6.10 Å². The number of hydrogen-bond acceptors (Lipinski definition) is 7. The zero-order valence-corrected chi connectivity index (χ0v) is 11.4. The quantitative estimate of drug-likeness (QED) is 0.510. The monoisotopic (exact) mass is 293 g/mol. The van der Waals surface area contributed by atoms with Crippen LogP contribution in [0.2, 0.25) is 0 Å². The number of carbonyl (C=O) groups excluding carboxylic acids is 1. The van der Waals surface area contributed by atoms with E-state index in [1.807, 2.05) is 0 Å². The van der Waals surface area contributed by atoms with E-state index in [1.165, 1.54) is 6.92 Å². The van der Waals surface area contributed by atoms with Crippen molar-refractivity contribution in [2.24, 2.45) is 5.16 Å². The Morgan fingerprint density at radius 3 is 2.95 bits per heavy atom. The Balaban J connectivity index is 1.84. The van der Waals surface area contributed by atoms with Gasteiger partial charge in [-0.25, -0.2) is 0 Å². The van der Waals surface area contributed by atoms with Crippen LogP contribution in [0.1, 0.15) is 31.4 Å². The molecule has 1 fully saturated rings. The van der Waals surface area contributed by atoms with E-state index in [1.54, 1.807) is 18.2 Å². The number of esters is 1. The third-order valence-corrected chi connectivity index (χ3v) is 3.35. The van der Waals surface area contributed by atoms with Gasteiger partial charge in [0.25, 0.3) is 0 Å². The zero-order valence-electron chi connectivity index (χ0n) is 11.4. The maximum atomic E-state index is 11.0. The molecule has 1 saturated heterocycles. The second-order valence-corrected chi connectivity index (χ2v) is 4.80. The van der Waals surface area contributed by atoms with Gasteiger partial charge in [0, 0.05) is 13.3 Å². The lowest BCUT2D eigenvalue weighted by Crippen LogP contribution is -2.32. The van der Waals surface area contributed by atoms with Crippen molar-refractivity contribution in [3.05, 3.63) is 23.8 Å². The molecule has 0 saturated carbocycles. The molecule has 2 unspecified atom stereocenters. The highest BCUT2D eigenvalue weighted by Crippen LogP contribution is 2.37. The molecule has 1 aromatic carbocycles. The number of nitrogens with zero attached hydrogens (tertiary/aromatic N) is 1. The van der Waals surface area contributed by atoms with Gasteiger partial charge in [0.15, 0.2) is 11.5 Å². The van der Waals surface area contributed by atoms with E-state index in [0.717, 1.165) is 5.56 Å². The number of ether oxygens (including phenoxy) is 4. The SMILES string of the molecule is CC(=O)OC1CCC(=NO)C(c2ccc3c(c2)OCO3)O1. The fourth-order valence-corrected chi connectivity index (χ4v) is 2.42. The number of benzene rings is 1. The van der Waals surface area contributed by atoms with E-state index in [9.17, 15) is 4.79 Å². The Hall–Kier alpha value is -2.28. The second kappa shape index (κ2) is 5.61. The summed E-state index contributed by atoms with van der Waals surface area (Å²) in [6, 6.07) is 5.35. The van der Waals surface area contributed by atoms with E-state index in [2.05, 4.69) is 5.16 Å². The Bertz CT molecular complexity index is 585. The van der Waals surface area contributed by atoms with Crippen LogP contribution in [0.4, 0.5) is 0 Å². The van der Waals surface area contributed by atoms with E-state index in [4.69, 9.17) is 24.2 Å². The molecule has 0 aromatic heterocycles. The Labute approximate surface area is 121 Å². The third kappa shape index (κ3) is 2.78. The first-order valence-corrected chi connectivity index (χ1v) is 6.60. The van der Waals surface area contributed by atoms with Crippen molar-refractivity contribution in [2.45, 2.75) is 32.2 Å². The van der Waals surface area contributed by atoms with Gasteiger partial charge in [0.2, 0.25) is 13.1 Å². The average Bonchev–Trinajstić information content (AvgIpc) is 2.94. The van der Waals surface area contributed by atoms with Crippen molar-refractivity contribution in [2.75, 3.05) is 6.79 Å². The summed E-state index contributed by atoms with van der Waals surface area (Å²) in [5.41, 5.74) is 1.24. The first kappa shape index (κ1) is 13.7. The first-order chi connectivity index (χ1) is 10.2. The maximum Gasteiger partial charge on any atom is 0.304 e. The van der Waals surface area contributed by atoms with E-state index in [-0.39, 0.29) is 6.79 Å². The van der Waals surface area contributed by atoms with Crippen LogP contribution in [-0.2, 0) is 14.3 Å². The summed E-state index contributed by atoms with van der Waals surface area (Å²) >= 11 is 0. The Morgan fingerprint density at radius 2 is 2.19 bits per heavy atom. The molecule has 0 spiro atoms. The van der Waals surface area contributed by atoms with Crippen LogP contribution in [0, 0.1) is 0 Å². The van der Waals surface area contributed by atoms with Crippen LogP contribution in [0.15, 0.2) is 23.4 Å². The van der Waals surface area contributed by atoms with Crippen LogP contribution in [0.3, 0.4) is 0 Å². The Kier molecular flexibility index (Phi) is 3.66. The first-order valence-electron chi connectivity index (χ1n) is 6.60. The molecular weight excluding hydrogens is 278 g/mol. The predicted molar refractivity (Wildman–Crippen MR) is 70.4 cm³/mol. The molecule has 1 aromatic rings. The van der Waals surface area contributed by atoms with Gasteiger partial charge in [-0.1, -0.05) is 11.2 Å². The molecular formula is C14H15NO6. The molecule has 2 atom stereocenters. The van der Waals surface area contributed by atoms with Crippen LogP contribution in [0.25, 0.3) is 0 Å². The zero-order chi connectivity index (χ0) is 14.8. The lowest BCUT2D eigenvalue weighted by Gasteiger charge is -2.30. The lowest BCUT2D eigenvalue weighted by molar-refractivity contribution is -0.187. The van der Waals surface area contributed by atoms with Crippen LogP contribution in [-0.4, -0.2) is 30.0 Å². The summed E-state index contributed by atoms with van der Waals surface area (Å²) in [5, 5.41) is 12.4.